The third kappa shape index (κ3) is 79.0. The summed E-state index contributed by atoms with van der Waals surface area (Å²) in [6.07, 6.45) is 0. The van der Waals surface area contributed by atoms with Crippen LogP contribution in [0.5, 0.6) is 0 Å². The number of amides is 3. The van der Waals surface area contributed by atoms with Crippen molar-refractivity contribution < 1.29 is 29.0 Å². The van der Waals surface area contributed by atoms with Crippen molar-refractivity contribution in [2.45, 2.75) is 256 Å². The van der Waals surface area contributed by atoms with Gasteiger partial charge in [0.1, 0.15) is 0 Å². The first kappa shape index (κ1) is 87.6. The molecule has 0 aliphatic carbocycles. The van der Waals surface area contributed by atoms with E-state index in [1.54, 1.807) is 21.1 Å². The molecule has 448 valence electrons. The van der Waals surface area contributed by atoms with Gasteiger partial charge in [0.15, 0.2) is 0 Å². The van der Waals surface area contributed by atoms with E-state index in [0.29, 0.717) is 17.6 Å². The number of nitrogens with two attached hydrogens (primary N) is 3. The molecule has 0 spiro atoms. The number of methoxy groups -OCH3 is 2. The molecule has 0 saturated carbocycles. The summed E-state index contributed by atoms with van der Waals surface area (Å²) < 4.78 is 9.84. The lowest BCUT2D eigenvalue weighted by Gasteiger charge is -2.35. The van der Waals surface area contributed by atoms with Gasteiger partial charge in [-0.25, -0.2) is 0 Å². The molecular formula is C56H133N11O6. The van der Waals surface area contributed by atoms with Crippen LogP contribution in [-0.2, 0) is 23.9 Å². The van der Waals surface area contributed by atoms with Crippen LogP contribution in [-0.4, -0.2) is 189 Å². The molecular weight excluding hydrogens is 923 g/mol. The van der Waals surface area contributed by atoms with E-state index in [4.69, 9.17) is 31.8 Å². The molecule has 0 aliphatic rings. The number of likely N-dealkylation sites (N-methyl/N-ethyl adjacent to an activating group) is 2. The van der Waals surface area contributed by atoms with Gasteiger partial charge in [0.05, 0.1) is 37.9 Å². The van der Waals surface area contributed by atoms with Crippen LogP contribution >= 0.6 is 0 Å². The van der Waals surface area contributed by atoms with Gasteiger partial charge in [0.25, 0.3) is 0 Å². The number of rotatable bonds is 15. The number of primary amides is 3. The molecule has 73 heavy (non-hydrogen) atoms. The minimum Gasteiger partial charge on any atom is -0.395 e. The predicted molar refractivity (Wildman–Crippen MR) is 319 cm³/mol. The number of ether oxygens (including phenoxy) is 2. The summed E-state index contributed by atoms with van der Waals surface area (Å²) in [6, 6.07) is -0.681. The number of aliphatic hydroxyl groups excluding tert-OH is 1. The van der Waals surface area contributed by atoms with E-state index in [-0.39, 0.29) is 81.6 Å². The second kappa shape index (κ2) is 42.0. The average Bonchev–Trinajstić information content (AvgIpc) is 3.16. The van der Waals surface area contributed by atoms with Crippen molar-refractivity contribution in [1.82, 2.24) is 41.3 Å². The average molecular weight is 1060 g/mol. The van der Waals surface area contributed by atoms with Crippen LogP contribution in [0.1, 0.15) is 194 Å². The zero-order valence-electron chi connectivity index (χ0n) is 55.1. The van der Waals surface area contributed by atoms with Crippen LogP contribution in [0.15, 0.2) is 0 Å². The molecule has 17 heteroatoms. The van der Waals surface area contributed by atoms with Crippen molar-refractivity contribution in [3.05, 3.63) is 0 Å². The summed E-state index contributed by atoms with van der Waals surface area (Å²) in [5, 5.41) is 24.1. The van der Waals surface area contributed by atoms with E-state index >= 15 is 0 Å². The van der Waals surface area contributed by atoms with Gasteiger partial charge in [-0.3, -0.25) is 24.2 Å². The summed E-state index contributed by atoms with van der Waals surface area (Å²) >= 11 is 0. The van der Waals surface area contributed by atoms with E-state index < -0.39 is 0 Å². The van der Waals surface area contributed by atoms with Gasteiger partial charge in [-0.2, -0.15) is 0 Å². The molecule has 0 aliphatic heterocycles. The summed E-state index contributed by atoms with van der Waals surface area (Å²) in [4.78, 5) is 38.7. The Kier molecular flexibility index (Phi) is 50.5. The lowest BCUT2D eigenvalue weighted by atomic mass is 9.99. The third-order valence-electron chi connectivity index (χ3n) is 10.3. The number of carbonyl (C=O) groups excluding carboxylic acids is 3. The molecule has 0 rings (SSSR count). The zero-order chi connectivity index (χ0) is 61.0. The maximum absolute atomic E-state index is 11.0. The molecule has 3 unspecified atom stereocenters. The summed E-state index contributed by atoms with van der Waals surface area (Å²) in [7, 11) is 13.6. The lowest BCUT2D eigenvalue weighted by molar-refractivity contribution is -0.124. The fourth-order valence-corrected chi connectivity index (χ4v) is 4.05. The van der Waals surface area contributed by atoms with Crippen molar-refractivity contribution in [3.63, 3.8) is 0 Å². The van der Waals surface area contributed by atoms with E-state index in [0.717, 1.165) is 26.3 Å². The topological polar surface area (TPSA) is 238 Å². The van der Waals surface area contributed by atoms with Crippen molar-refractivity contribution in [3.8, 4) is 0 Å². The first-order valence-corrected chi connectivity index (χ1v) is 26.3. The molecule has 12 N–H and O–H groups in total. The highest BCUT2D eigenvalue weighted by molar-refractivity contribution is 5.80. The predicted octanol–water partition coefficient (Wildman–Crippen LogP) is 6.82. The van der Waals surface area contributed by atoms with Crippen LogP contribution in [0.25, 0.3) is 0 Å². The summed E-state index contributed by atoms with van der Waals surface area (Å²) in [5.74, 6) is -0.626. The summed E-state index contributed by atoms with van der Waals surface area (Å²) in [6.45, 7) is 62.3. The first-order valence-electron chi connectivity index (χ1n) is 26.3. The number of β-amino-alcohol motifs (C(OH)–C–C–N with tert-alkyl or cyclic N) is 1. The number of nitrogens with zero attached hydrogens (tertiary/aromatic N) is 3. The smallest absolute Gasteiger partial charge is 0.234 e. The van der Waals surface area contributed by atoms with E-state index in [1.807, 2.05) is 102 Å². The fourth-order valence-electron chi connectivity index (χ4n) is 4.05. The third-order valence-corrected chi connectivity index (χ3v) is 10.3. The van der Waals surface area contributed by atoms with Gasteiger partial charge in [-0.05, 0) is 221 Å². The summed E-state index contributed by atoms with van der Waals surface area (Å²) in [5.41, 5.74) is 16.6. The molecule has 0 aromatic heterocycles. The Hall–Kier alpha value is -2.03. The van der Waals surface area contributed by atoms with Crippen LogP contribution in [0.2, 0.25) is 0 Å². The Balaban J connectivity index is -0.000000111. The van der Waals surface area contributed by atoms with Gasteiger partial charge in [-0.15, -0.1) is 0 Å². The molecule has 17 nitrogen and oxygen atoms in total. The maximum Gasteiger partial charge on any atom is 0.234 e. The normalized spacial score (nSPS) is 13.5. The van der Waals surface area contributed by atoms with Crippen LogP contribution in [0.3, 0.4) is 0 Å². The standard InChI is InChI=1S/C9H20N2O.C8H18N2O.C8H19NO.C7H16N2O.C7H17NO.C6H15NO.C6H15N.C5H13N/c1-6(2)7(8(10)12)11-9(3,4)5;1-6(7(9)11)10(5)8(2,3)4;1-8(2,3)9(4)6-7-10-5;1-5(6(8)10)9-7(2,3)4;1-7(2,3)8-5-6-9-4;1-6(2,3)7-4-5-8;1-6(2,3)7(4)5;1-5(2,3)6-4/h6-7,11H,1-5H3,(H2,10,12);6H,1-5H3,(H2,9,11);6-7H2,1-5H3;5,9H,1-4H3,(H2,8,10);8H,5-6H2,1-4H3;7-8H,4-5H2,1-3H3;1-5H3;6H,1-4H3. The molecule has 3 atom stereocenters. The van der Waals surface area contributed by atoms with Crippen LogP contribution in [0.4, 0.5) is 0 Å². The molecule has 3 amide bonds. The molecule has 0 aromatic carbocycles. The second-order valence-electron chi connectivity index (χ2n) is 27.1. The number of nitrogens with one attached hydrogen (secondary N) is 5. The minimum atomic E-state index is -0.310. The van der Waals surface area contributed by atoms with Gasteiger partial charge in [-0.1, -0.05) is 13.8 Å². The quantitative estimate of drug-likeness (QED) is 0.0766. The van der Waals surface area contributed by atoms with Crippen molar-refractivity contribution >= 4 is 17.7 Å². The Bertz CT molecular complexity index is 1310. The number of carbonyl (C=O) groups is 3. The zero-order valence-corrected chi connectivity index (χ0v) is 55.1. The molecule has 0 aromatic rings. The number of hydrogen-bond acceptors (Lipinski definition) is 14. The Morgan fingerprint density at radius 3 is 0.986 bits per heavy atom. The monoisotopic (exact) mass is 1060 g/mol. The Morgan fingerprint density at radius 2 is 0.849 bits per heavy atom. The van der Waals surface area contributed by atoms with Gasteiger partial charge >= 0.3 is 0 Å². The van der Waals surface area contributed by atoms with Crippen molar-refractivity contribution in [2.24, 2.45) is 23.1 Å². The Labute approximate surface area is 454 Å². The minimum absolute atomic E-state index is 0.00551. The molecule has 0 fully saturated rings. The maximum atomic E-state index is 11.0. The molecule has 0 saturated heterocycles. The van der Waals surface area contributed by atoms with E-state index in [9.17, 15) is 14.4 Å². The molecule has 0 radical (unpaired) electrons. The number of aliphatic hydroxyl groups is 1. The van der Waals surface area contributed by atoms with Crippen molar-refractivity contribution in [2.75, 3.05) is 88.9 Å². The highest BCUT2D eigenvalue weighted by Crippen LogP contribution is 2.14. The lowest BCUT2D eigenvalue weighted by Crippen LogP contribution is -2.52. The van der Waals surface area contributed by atoms with Gasteiger partial charge in [0, 0.05) is 78.2 Å². The van der Waals surface area contributed by atoms with Gasteiger partial charge < -0.3 is 63.3 Å². The highest BCUT2D eigenvalue weighted by Gasteiger charge is 2.26. The van der Waals surface area contributed by atoms with E-state index in [2.05, 4.69) is 161 Å². The van der Waals surface area contributed by atoms with Crippen LogP contribution < -0.4 is 43.8 Å². The molecule has 0 heterocycles. The first-order chi connectivity index (χ1) is 31.9. The van der Waals surface area contributed by atoms with Crippen molar-refractivity contribution in [1.29, 1.82) is 0 Å². The number of hydrogen-bond donors (Lipinski definition) is 9. The fraction of sp³-hybridized carbons (Fsp3) is 0.946. The Morgan fingerprint density at radius 1 is 0.507 bits per heavy atom. The van der Waals surface area contributed by atoms with Crippen LogP contribution in [0, 0.1) is 5.92 Å². The highest BCUT2D eigenvalue weighted by atomic mass is 16.5. The largest absolute Gasteiger partial charge is 0.395 e. The van der Waals surface area contributed by atoms with E-state index in [1.165, 1.54) is 0 Å². The second-order valence-corrected chi connectivity index (χ2v) is 27.1. The molecule has 0 bridgehead atoms. The SMILES string of the molecule is CC(C(N)=O)N(C)C(C)(C)C.CC(C)(C)NCCO.CC(C)C(NC(C)(C)C)C(N)=O.CC(NC(C)(C)C)C(N)=O.CN(C)C(C)(C)C.CNC(C)(C)C.COCCN(C)C(C)(C)C.COCCNC(C)(C)C. The van der Waals surface area contributed by atoms with Gasteiger partial charge in [0.2, 0.25) is 17.7 Å².